The second-order valence-electron chi connectivity index (χ2n) is 13.4. The quantitative estimate of drug-likeness (QED) is 0.301. The number of piperidine rings is 2. The number of aromatic nitrogens is 4. The molecular weight excluding hydrogens is 656 g/mol. The van der Waals surface area contributed by atoms with E-state index in [2.05, 4.69) is 25.6 Å². The number of nitrogens with zero attached hydrogens (tertiary/aromatic N) is 7. The summed E-state index contributed by atoms with van der Waals surface area (Å²) in [5.74, 6) is 0.493. The van der Waals surface area contributed by atoms with Crippen molar-refractivity contribution in [3.05, 3.63) is 59.9 Å². The Labute approximate surface area is 275 Å². The standard InChI is InChI=1S/C32H31F6N9O2/c1-18-41-28(49)30(43-18)4-8-45(9-5-30)25-12-21(32(36,37)38)26(23-15-40-17-47(23)25)22-13-29(27(48)42-22)2-6-44(7-3-29)24-11-19(31(33,34)35)10-20-14-39-16-46(20)24/h10-12,14-17,22H,2-9,13H2,1H3,(H,42,48)(H,41,43,49). The number of alkyl halides is 6. The summed E-state index contributed by atoms with van der Waals surface area (Å²) >= 11 is 0. The Morgan fingerprint density at radius 2 is 1.43 bits per heavy atom. The number of rotatable bonds is 3. The number of aliphatic imine (C=N–C) groups is 1. The van der Waals surface area contributed by atoms with E-state index < -0.39 is 40.5 Å². The zero-order valence-electron chi connectivity index (χ0n) is 26.2. The Balaban J connectivity index is 1.08. The van der Waals surface area contributed by atoms with Gasteiger partial charge in [0.05, 0.1) is 46.0 Å². The normalized spacial score (nSPS) is 22.4. The van der Waals surface area contributed by atoms with Gasteiger partial charge in [-0.25, -0.2) is 9.97 Å². The van der Waals surface area contributed by atoms with E-state index in [0.717, 1.165) is 18.2 Å². The van der Waals surface area contributed by atoms with Gasteiger partial charge in [-0.3, -0.25) is 23.4 Å². The van der Waals surface area contributed by atoms with E-state index in [1.807, 2.05) is 0 Å². The lowest BCUT2D eigenvalue weighted by molar-refractivity contribution is -0.139. The van der Waals surface area contributed by atoms with Crippen LogP contribution in [0.2, 0.25) is 0 Å². The van der Waals surface area contributed by atoms with Crippen molar-refractivity contribution in [1.29, 1.82) is 0 Å². The second kappa shape index (κ2) is 10.6. The van der Waals surface area contributed by atoms with E-state index in [1.165, 1.54) is 25.0 Å². The summed E-state index contributed by atoms with van der Waals surface area (Å²) in [4.78, 5) is 42.4. The number of carbonyl (C=O) groups is 2. The maximum atomic E-state index is 14.9. The van der Waals surface area contributed by atoms with Gasteiger partial charge in [0.25, 0.3) is 5.91 Å². The van der Waals surface area contributed by atoms with Crippen molar-refractivity contribution in [3.8, 4) is 0 Å². The van der Waals surface area contributed by atoms with E-state index in [9.17, 15) is 35.9 Å². The van der Waals surface area contributed by atoms with Crippen LogP contribution >= 0.6 is 0 Å². The van der Waals surface area contributed by atoms with Gasteiger partial charge < -0.3 is 20.4 Å². The molecule has 11 nitrogen and oxygen atoms in total. The van der Waals surface area contributed by atoms with Crippen LogP contribution in [0.4, 0.5) is 38.0 Å². The fourth-order valence-electron chi connectivity index (χ4n) is 8.10. The molecule has 0 aromatic carbocycles. The molecule has 0 saturated carbocycles. The molecule has 1 unspecified atom stereocenters. The second-order valence-corrected chi connectivity index (χ2v) is 13.4. The molecule has 4 aliphatic heterocycles. The van der Waals surface area contributed by atoms with Crippen LogP contribution in [0.15, 0.2) is 48.2 Å². The predicted octanol–water partition coefficient (Wildman–Crippen LogP) is 4.75. The molecule has 1 atom stereocenters. The lowest BCUT2D eigenvalue weighted by Gasteiger charge is -2.39. The van der Waals surface area contributed by atoms with Crippen molar-refractivity contribution >= 4 is 40.3 Å². The number of imidazole rings is 2. The van der Waals surface area contributed by atoms with Crippen LogP contribution in [0, 0.1) is 5.41 Å². The lowest BCUT2D eigenvalue weighted by Crippen LogP contribution is -2.49. The van der Waals surface area contributed by atoms with Crippen LogP contribution in [-0.4, -0.2) is 68.1 Å². The predicted molar refractivity (Wildman–Crippen MR) is 165 cm³/mol. The Kier molecular flexibility index (Phi) is 6.79. The van der Waals surface area contributed by atoms with Crippen LogP contribution in [-0.2, 0) is 21.9 Å². The summed E-state index contributed by atoms with van der Waals surface area (Å²) in [6, 6.07) is 2.19. The summed E-state index contributed by atoms with van der Waals surface area (Å²) in [7, 11) is 0. The average Bonchev–Trinajstić information content (AvgIpc) is 3.83. The zero-order valence-corrected chi connectivity index (χ0v) is 26.2. The van der Waals surface area contributed by atoms with E-state index in [1.54, 1.807) is 25.5 Å². The molecule has 49 heavy (non-hydrogen) atoms. The average molecular weight is 688 g/mol. The van der Waals surface area contributed by atoms with Crippen LogP contribution in [0.3, 0.4) is 0 Å². The topological polar surface area (TPSA) is 112 Å². The number of amidine groups is 1. The minimum atomic E-state index is -4.76. The molecule has 3 saturated heterocycles. The highest BCUT2D eigenvalue weighted by atomic mass is 19.4. The fourth-order valence-corrected chi connectivity index (χ4v) is 8.10. The highest BCUT2D eigenvalue weighted by Crippen LogP contribution is 2.50. The number of carbonyl (C=O) groups excluding carboxylic acids is 2. The molecule has 4 aromatic heterocycles. The van der Waals surface area contributed by atoms with Crippen molar-refractivity contribution in [2.24, 2.45) is 10.4 Å². The molecule has 0 aliphatic carbocycles. The third-order valence-electron chi connectivity index (χ3n) is 10.6. The number of anilines is 2. The molecule has 258 valence electrons. The number of hydrogen-bond donors (Lipinski definition) is 2. The first-order valence-corrected chi connectivity index (χ1v) is 16.0. The minimum Gasteiger partial charge on any atom is -0.358 e. The molecule has 4 aromatic rings. The number of fused-ring (bicyclic) bond motifs is 2. The SMILES string of the molecule is CC1=NC2(CCN(c3cc(C(F)(F)F)c(C4CC5(CCN(c6cc(C(F)(F)F)cc7cncn67)CC5)C(=O)N4)c4cncn34)CC2)C(=O)N1. The molecule has 0 bridgehead atoms. The number of halogens is 6. The number of nitrogens with one attached hydrogen (secondary N) is 2. The third-order valence-corrected chi connectivity index (χ3v) is 10.6. The molecule has 2 spiro atoms. The maximum Gasteiger partial charge on any atom is 0.416 e. The lowest BCUT2D eigenvalue weighted by atomic mass is 9.75. The van der Waals surface area contributed by atoms with Crippen LogP contribution in [0.25, 0.3) is 11.0 Å². The first-order valence-electron chi connectivity index (χ1n) is 16.0. The van der Waals surface area contributed by atoms with Crippen molar-refractivity contribution < 1.29 is 35.9 Å². The monoisotopic (exact) mass is 687 g/mol. The van der Waals surface area contributed by atoms with Gasteiger partial charge in [-0.05, 0) is 57.2 Å². The van der Waals surface area contributed by atoms with Gasteiger partial charge in [-0.2, -0.15) is 26.3 Å². The van der Waals surface area contributed by atoms with Crippen LogP contribution in [0.5, 0.6) is 0 Å². The van der Waals surface area contributed by atoms with Crippen molar-refractivity contribution in [2.75, 3.05) is 36.0 Å². The number of pyridine rings is 2. The Morgan fingerprint density at radius 1 is 0.796 bits per heavy atom. The molecule has 17 heteroatoms. The summed E-state index contributed by atoms with van der Waals surface area (Å²) in [6.07, 6.45) is -2.53. The van der Waals surface area contributed by atoms with Crippen LogP contribution < -0.4 is 20.4 Å². The molecule has 4 aliphatic rings. The van der Waals surface area contributed by atoms with Gasteiger partial charge in [-0.15, -0.1) is 0 Å². The van der Waals surface area contributed by atoms with Gasteiger partial charge in [0.1, 0.15) is 35.7 Å². The smallest absolute Gasteiger partial charge is 0.358 e. The van der Waals surface area contributed by atoms with E-state index in [0.29, 0.717) is 31.8 Å². The first kappa shape index (κ1) is 31.4. The number of hydrogen-bond acceptors (Lipinski definition) is 7. The maximum absolute atomic E-state index is 14.9. The molecule has 2 amide bonds. The van der Waals surface area contributed by atoms with Gasteiger partial charge in [0.15, 0.2) is 0 Å². The molecular formula is C32H31F6N9O2. The Bertz CT molecular complexity index is 2030. The van der Waals surface area contributed by atoms with Crippen molar-refractivity contribution in [3.63, 3.8) is 0 Å². The van der Waals surface area contributed by atoms with Gasteiger partial charge >= 0.3 is 12.4 Å². The highest BCUT2D eigenvalue weighted by Gasteiger charge is 2.52. The van der Waals surface area contributed by atoms with E-state index in [4.69, 9.17) is 0 Å². The van der Waals surface area contributed by atoms with Gasteiger partial charge in [-0.1, -0.05) is 0 Å². The van der Waals surface area contributed by atoms with Crippen molar-refractivity contribution in [2.45, 2.75) is 63.0 Å². The molecule has 8 rings (SSSR count). The molecule has 0 radical (unpaired) electrons. The minimum absolute atomic E-state index is 0.0803. The van der Waals surface area contributed by atoms with Crippen LogP contribution in [0.1, 0.15) is 61.8 Å². The van der Waals surface area contributed by atoms with Gasteiger partial charge in [0, 0.05) is 31.7 Å². The molecule has 8 heterocycles. The van der Waals surface area contributed by atoms with Gasteiger partial charge in [0.2, 0.25) is 5.91 Å². The Morgan fingerprint density at radius 3 is 2.06 bits per heavy atom. The summed E-state index contributed by atoms with van der Waals surface area (Å²) < 4.78 is 88.8. The highest BCUT2D eigenvalue weighted by molar-refractivity contribution is 6.07. The zero-order chi connectivity index (χ0) is 34.5. The third kappa shape index (κ3) is 4.98. The fraction of sp³-hybridized carbons (Fsp3) is 0.469. The number of amides is 2. The Hall–Kier alpha value is -4.83. The summed E-state index contributed by atoms with van der Waals surface area (Å²) in [5, 5.41) is 5.56. The molecule has 3 fully saturated rings. The first-order chi connectivity index (χ1) is 23.2. The van der Waals surface area contributed by atoms with E-state index in [-0.39, 0.29) is 72.4 Å². The molecule has 2 N–H and O–H groups in total. The summed E-state index contributed by atoms with van der Waals surface area (Å²) in [6.45, 7) is 2.74. The van der Waals surface area contributed by atoms with Crippen molar-refractivity contribution in [1.82, 2.24) is 29.4 Å². The summed E-state index contributed by atoms with van der Waals surface area (Å²) in [5.41, 5.74) is -3.23. The van der Waals surface area contributed by atoms with E-state index >= 15 is 0 Å². The largest absolute Gasteiger partial charge is 0.416 e.